The lowest BCUT2D eigenvalue weighted by Crippen LogP contribution is -2.16. The summed E-state index contributed by atoms with van der Waals surface area (Å²) in [6.07, 6.45) is 2.29. The van der Waals surface area contributed by atoms with Crippen LogP contribution in [0.25, 0.3) is 0 Å². The largest absolute Gasteiger partial charge is 0.473 e. The number of anilines is 1. The first kappa shape index (κ1) is 16.1. The molecule has 0 radical (unpaired) electrons. The Morgan fingerprint density at radius 1 is 1.30 bits per heavy atom. The molecule has 0 fully saturated rings. The van der Waals surface area contributed by atoms with Crippen molar-refractivity contribution in [2.75, 3.05) is 11.9 Å². The molecule has 20 heavy (non-hydrogen) atoms. The zero-order chi connectivity index (χ0) is 15.1. The van der Waals surface area contributed by atoms with Crippen LogP contribution in [0.4, 0.5) is 11.5 Å². The van der Waals surface area contributed by atoms with Gasteiger partial charge in [0.1, 0.15) is 5.82 Å². The Labute approximate surface area is 118 Å². The minimum atomic E-state index is -0.495. The van der Waals surface area contributed by atoms with Crippen molar-refractivity contribution in [2.45, 2.75) is 53.0 Å². The van der Waals surface area contributed by atoms with Crippen LogP contribution in [0.2, 0.25) is 0 Å². The summed E-state index contributed by atoms with van der Waals surface area (Å²) in [7, 11) is 0. The maximum Gasteiger partial charge on any atom is 0.372 e. The minimum absolute atomic E-state index is 0.0390. The Bertz CT molecular complexity index is 463. The molecule has 7 nitrogen and oxygen atoms in total. The molecule has 112 valence electrons. The zero-order valence-electron chi connectivity index (χ0n) is 12.5. The van der Waals surface area contributed by atoms with E-state index < -0.39 is 4.92 Å². The number of aryl methyl sites for hydroxylation is 1. The predicted octanol–water partition coefficient (Wildman–Crippen LogP) is 2.95. The monoisotopic (exact) mass is 282 g/mol. The number of aromatic nitrogens is 2. The van der Waals surface area contributed by atoms with E-state index in [1.807, 2.05) is 27.7 Å². The molecule has 1 aromatic heterocycles. The van der Waals surface area contributed by atoms with Crippen LogP contribution in [-0.2, 0) is 6.42 Å². The van der Waals surface area contributed by atoms with Gasteiger partial charge in [0.25, 0.3) is 5.88 Å². The van der Waals surface area contributed by atoms with Gasteiger partial charge in [-0.05, 0) is 26.7 Å². The number of nitrogens with zero attached hydrogens (tertiary/aromatic N) is 3. The third kappa shape index (κ3) is 4.32. The Morgan fingerprint density at radius 2 is 2.00 bits per heavy atom. The van der Waals surface area contributed by atoms with Crippen LogP contribution in [0.1, 0.15) is 46.4 Å². The average molecular weight is 282 g/mol. The van der Waals surface area contributed by atoms with Crippen LogP contribution >= 0.6 is 0 Å². The van der Waals surface area contributed by atoms with Crippen molar-refractivity contribution >= 4 is 11.5 Å². The van der Waals surface area contributed by atoms with Gasteiger partial charge in [-0.15, -0.1) is 0 Å². The SMILES string of the molecule is CCCOc1nc(CCC)nc(NC(C)C)c1[N+](=O)[O-]. The standard InChI is InChI=1S/C13H22N4O3/c1-5-7-10-15-12(14-9(3)4)11(17(18)19)13(16-10)20-8-6-2/h9H,5-8H2,1-4H3,(H,14,15,16). The van der Waals surface area contributed by atoms with Gasteiger partial charge < -0.3 is 10.1 Å². The fourth-order valence-corrected chi connectivity index (χ4v) is 1.65. The van der Waals surface area contributed by atoms with E-state index in [1.165, 1.54) is 0 Å². The summed E-state index contributed by atoms with van der Waals surface area (Å²) in [5.41, 5.74) is -0.188. The molecule has 1 heterocycles. The maximum absolute atomic E-state index is 11.3. The van der Waals surface area contributed by atoms with Crippen LogP contribution in [0.15, 0.2) is 0 Å². The van der Waals surface area contributed by atoms with Crippen molar-refractivity contribution in [3.63, 3.8) is 0 Å². The Hall–Kier alpha value is -1.92. The van der Waals surface area contributed by atoms with E-state index in [-0.39, 0.29) is 23.4 Å². The van der Waals surface area contributed by atoms with Crippen molar-refractivity contribution in [2.24, 2.45) is 0 Å². The van der Waals surface area contributed by atoms with Crippen LogP contribution in [0.3, 0.4) is 0 Å². The molecular formula is C13H22N4O3. The fraction of sp³-hybridized carbons (Fsp3) is 0.692. The number of nitrogens with one attached hydrogen (secondary N) is 1. The van der Waals surface area contributed by atoms with Crippen LogP contribution in [0, 0.1) is 10.1 Å². The molecule has 0 aliphatic heterocycles. The van der Waals surface area contributed by atoms with E-state index in [2.05, 4.69) is 15.3 Å². The smallest absolute Gasteiger partial charge is 0.372 e. The highest BCUT2D eigenvalue weighted by molar-refractivity contribution is 5.62. The molecule has 7 heteroatoms. The third-order valence-corrected chi connectivity index (χ3v) is 2.42. The van der Waals surface area contributed by atoms with Gasteiger partial charge in [0.15, 0.2) is 0 Å². The third-order valence-electron chi connectivity index (χ3n) is 2.42. The van der Waals surface area contributed by atoms with E-state index in [4.69, 9.17) is 4.74 Å². The highest BCUT2D eigenvalue weighted by Crippen LogP contribution is 2.32. The summed E-state index contributed by atoms with van der Waals surface area (Å²) in [4.78, 5) is 19.2. The van der Waals surface area contributed by atoms with Gasteiger partial charge in [-0.2, -0.15) is 4.98 Å². The number of hydrogen-bond donors (Lipinski definition) is 1. The van der Waals surface area contributed by atoms with E-state index in [0.717, 1.165) is 12.8 Å². The van der Waals surface area contributed by atoms with Crippen LogP contribution < -0.4 is 10.1 Å². The van der Waals surface area contributed by atoms with Crippen molar-refractivity contribution < 1.29 is 9.66 Å². The van der Waals surface area contributed by atoms with Crippen molar-refractivity contribution in [1.82, 2.24) is 9.97 Å². The molecule has 1 rings (SSSR count). The van der Waals surface area contributed by atoms with Crippen molar-refractivity contribution in [3.8, 4) is 5.88 Å². The second-order valence-electron chi connectivity index (χ2n) is 4.80. The molecule has 0 amide bonds. The topological polar surface area (TPSA) is 90.2 Å². The summed E-state index contributed by atoms with van der Waals surface area (Å²) in [5.74, 6) is 0.848. The number of hydrogen-bond acceptors (Lipinski definition) is 6. The Balaban J connectivity index is 3.28. The van der Waals surface area contributed by atoms with Gasteiger partial charge in [0.05, 0.1) is 11.5 Å². The molecule has 0 atom stereocenters. The summed E-state index contributed by atoms with van der Waals surface area (Å²) in [5, 5.41) is 14.3. The average Bonchev–Trinajstić information content (AvgIpc) is 2.35. The molecule has 0 saturated carbocycles. The normalized spacial score (nSPS) is 10.7. The number of rotatable bonds is 8. The van der Waals surface area contributed by atoms with Gasteiger partial charge in [-0.25, -0.2) is 4.98 Å². The second-order valence-corrected chi connectivity index (χ2v) is 4.80. The molecule has 1 aromatic rings. The fourth-order valence-electron chi connectivity index (χ4n) is 1.65. The predicted molar refractivity (Wildman–Crippen MR) is 77.2 cm³/mol. The summed E-state index contributed by atoms with van der Waals surface area (Å²) >= 11 is 0. The van der Waals surface area contributed by atoms with Crippen molar-refractivity contribution in [3.05, 3.63) is 15.9 Å². The Morgan fingerprint density at radius 3 is 2.50 bits per heavy atom. The summed E-state index contributed by atoms with van der Waals surface area (Å²) in [6, 6.07) is 0.0390. The first-order valence-electron chi connectivity index (χ1n) is 6.94. The first-order valence-corrected chi connectivity index (χ1v) is 6.94. The van der Waals surface area contributed by atoms with E-state index in [9.17, 15) is 10.1 Å². The Kier molecular flexibility index (Phi) is 6.14. The highest BCUT2D eigenvalue weighted by Gasteiger charge is 2.26. The minimum Gasteiger partial charge on any atom is -0.473 e. The molecule has 1 N–H and O–H groups in total. The van der Waals surface area contributed by atoms with Gasteiger partial charge in [0.2, 0.25) is 5.82 Å². The first-order chi connectivity index (χ1) is 9.49. The van der Waals surface area contributed by atoms with Gasteiger partial charge >= 0.3 is 5.69 Å². The lowest BCUT2D eigenvalue weighted by Gasteiger charge is -2.13. The molecule has 0 spiro atoms. The van der Waals surface area contributed by atoms with E-state index in [1.54, 1.807) is 0 Å². The lowest BCUT2D eigenvalue weighted by atomic mass is 10.3. The summed E-state index contributed by atoms with van der Waals surface area (Å²) < 4.78 is 5.42. The molecule has 0 aliphatic carbocycles. The van der Waals surface area contributed by atoms with Gasteiger partial charge in [-0.3, -0.25) is 10.1 Å². The summed E-state index contributed by atoms with van der Waals surface area (Å²) in [6.45, 7) is 8.14. The van der Waals surface area contributed by atoms with Crippen LogP contribution in [0.5, 0.6) is 5.88 Å². The molecule has 0 saturated heterocycles. The molecule has 0 unspecified atom stereocenters. The van der Waals surface area contributed by atoms with Crippen molar-refractivity contribution in [1.29, 1.82) is 0 Å². The van der Waals surface area contributed by atoms with Crippen LogP contribution in [-0.4, -0.2) is 27.5 Å². The van der Waals surface area contributed by atoms with E-state index >= 15 is 0 Å². The quantitative estimate of drug-likeness (QED) is 0.582. The molecular weight excluding hydrogens is 260 g/mol. The molecule has 0 aromatic carbocycles. The number of ether oxygens (including phenoxy) is 1. The maximum atomic E-state index is 11.3. The zero-order valence-corrected chi connectivity index (χ0v) is 12.5. The van der Waals surface area contributed by atoms with E-state index in [0.29, 0.717) is 18.9 Å². The number of nitro groups is 1. The van der Waals surface area contributed by atoms with Gasteiger partial charge in [-0.1, -0.05) is 13.8 Å². The van der Waals surface area contributed by atoms with Gasteiger partial charge in [0, 0.05) is 12.5 Å². The molecule has 0 bridgehead atoms. The highest BCUT2D eigenvalue weighted by atomic mass is 16.6. The second kappa shape index (κ2) is 7.62. The molecule has 0 aliphatic rings. The lowest BCUT2D eigenvalue weighted by molar-refractivity contribution is -0.385.